The first-order chi connectivity index (χ1) is 11.0. The number of aromatic nitrogens is 4. The molecule has 0 spiro atoms. The Morgan fingerprint density at radius 3 is 2.74 bits per heavy atom. The van der Waals surface area contributed by atoms with E-state index in [1.165, 1.54) is 0 Å². The molecule has 2 aromatic rings. The SMILES string of the molecule is CCc1[nH]nc(C(=O)NC2CC(c3cc(=O)[nH]c(C)n3)C2)c1C. The average Bonchev–Trinajstić information content (AvgIpc) is 2.82. The molecule has 0 atom stereocenters. The predicted molar refractivity (Wildman–Crippen MR) is 85.5 cm³/mol. The number of hydrogen-bond donors (Lipinski definition) is 3. The van der Waals surface area contributed by atoms with Gasteiger partial charge in [-0.3, -0.25) is 14.7 Å². The minimum atomic E-state index is -0.142. The van der Waals surface area contributed by atoms with Crippen molar-refractivity contribution in [1.29, 1.82) is 0 Å². The van der Waals surface area contributed by atoms with E-state index in [1.807, 2.05) is 13.8 Å². The van der Waals surface area contributed by atoms with Gasteiger partial charge in [-0.15, -0.1) is 0 Å². The van der Waals surface area contributed by atoms with Crippen LogP contribution in [-0.4, -0.2) is 32.1 Å². The molecule has 2 heterocycles. The van der Waals surface area contributed by atoms with Crippen molar-refractivity contribution in [3.05, 3.63) is 44.9 Å². The molecule has 0 unspecified atom stereocenters. The lowest BCUT2D eigenvalue weighted by molar-refractivity contribution is 0.0902. The van der Waals surface area contributed by atoms with Gasteiger partial charge in [0.2, 0.25) is 0 Å². The molecule has 2 aromatic heterocycles. The van der Waals surface area contributed by atoms with Crippen LogP contribution in [0.2, 0.25) is 0 Å². The van der Waals surface area contributed by atoms with Crippen LogP contribution < -0.4 is 10.9 Å². The van der Waals surface area contributed by atoms with Crippen molar-refractivity contribution in [3.8, 4) is 0 Å². The number of carbonyl (C=O) groups is 1. The number of nitrogens with zero attached hydrogens (tertiary/aromatic N) is 2. The van der Waals surface area contributed by atoms with Crippen LogP contribution in [0.4, 0.5) is 0 Å². The molecule has 1 saturated carbocycles. The van der Waals surface area contributed by atoms with E-state index in [-0.39, 0.29) is 23.4 Å². The molecular formula is C16H21N5O2. The van der Waals surface area contributed by atoms with E-state index < -0.39 is 0 Å². The van der Waals surface area contributed by atoms with E-state index >= 15 is 0 Å². The number of H-pyrrole nitrogens is 2. The summed E-state index contributed by atoms with van der Waals surface area (Å²) in [6.07, 6.45) is 2.42. The first-order valence-electron chi connectivity index (χ1n) is 7.90. The van der Waals surface area contributed by atoms with Gasteiger partial charge in [-0.05, 0) is 33.1 Å². The van der Waals surface area contributed by atoms with E-state index in [2.05, 4.69) is 25.5 Å². The largest absolute Gasteiger partial charge is 0.348 e. The number of aryl methyl sites for hydroxylation is 2. The lowest BCUT2D eigenvalue weighted by Gasteiger charge is -2.35. The zero-order valence-electron chi connectivity index (χ0n) is 13.6. The van der Waals surface area contributed by atoms with Crippen molar-refractivity contribution >= 4 is 5.91 Å². The summed E-state index contributed by atoms with van der Waals surface area (Å²) >= 11 is 0. The van der Waals surface area contributed by atoms with E-state index in [4.69, 9.17) is 0 Å². The number of hydrogen-bond acceptors (Lipinski definition) is 4. The van der Waals surface area contributed by atoms with Gasteiger partial charge in [-0.25, -0.2) is 4.98 Å². The monoisotopic (exact) mass is 315 g/mol. The van der Waals surface area contributed by atoms with Crippen LogP contribution in [0, 0.1) is 13.8 Å². The fourth-order valence-corrected chi connectivity index (χ4v) is 3.04. The van der Waals surface area contributed by atoms with Crippen molar-refractivity contribution in [3.63, 3.8) is 0 Å². The van der Waals surface area contributed by atoms with Crippen molar-refractivity contribution in [2.45, 2.75) is 52.0 Å². The normalized spacial score (nSPS) is 20.1. The molecule has 122 valence electrons. The first-order valence-corrected chi connectivity index (χ1v) is 7.90. The van der Waals surface area contributed by atoms with Gasteiger partial charge in [0.05, 0.1) is 5.69 Å². The molecule has 0 radical (unpaired) electrons. The van der Waals surface area contributed by atoms with Crippen LogP contribution >= 0.6 is 0 Å². The third kappa shape index (κ3) is 3.04. The van der Waals surface area contributed by atoms with Gasteiger partial charge >= 0.3 is 0 Å². The van der Waals surface area contributed by atoms with E-state index in [0.717, 1.165) is 36.2 Å². The molecule has 1 amide bonds. The fourth-order valence-electron chi connectivity index (χ4n) is 3.04. The Balaban J connectivity index is 1.60. The molecule has 23 heavy (non-hydrogen) atoms. The third-order valence-corrected chi connectivity index (χ3v) is 4.45. The van der Waals surface area contributed by atoms with Crippen LogP contribution in [0.25, 0.3) is 0 Å². The topological polar surface area (TPSA) is 104 Å². The highest BCUT2D eigenvalue weighted by molar-refractivity contribution is 5.94. The van der Waals surface area contributed by atoms with Crippen molar-refractivity contribution in [1.82, 2.24) is 25.5 Å². The van der Waals surface area contributed by atoms with Gasteiger partial charge < -0.3 is 10.3 Å². The summed E-state index contributed by atoms with van der Waals surface area (Å²) in [4.78, 5) is 30.8. The Morgan fingerprint density at radius 2 is 2.13 bits per heavy atom. The van der Waals surface area contributed by atoms with Gasteiger partial charge in [0.15, 0.2) is 5.69 Å². The van der Waals surface area contributed by atoms with Crippen molar-refractivity contribution in [2.24, 2.45) is 0 Å². The van der Waals surface area contributed by atoms with Crippen LogP contribution in [0.5, 0.6) is 0 Å². The highest BCUT2D eigenvalue weighted by Gasteiger charge is 2.33. The minimum Gasteiger partial charge on any atom is -0.348 e. The summed E-state index contributed by atoms with van der Waals surface area (Å²) in [7, 11) is 0. The Hall–Kier alpha value is -2.44. The minimum absolute atomic E-state index is 0.107. The molecule has 1 aliphatic rings. The highest BCUT2D eigenvalue weighted by Crippen LogP contribution is 2.35. The lowest BCUT2D eigenvalue weighted by Crippen LogP contribution is -2.44. The van der Waals surface area contributed by atoms with Crippen LogP contribution in [0.1, 0.15) is 58.9 Å². The van der Waals surface area contributed by atoms with Gasteiger partial charge in [0, 0.05) is 29.3 Å². The zero-order chi connectivity index (χ0) is 16.6. The van der Waals surface area contributed by atoms with Gasteiger partial charge in [-0.2, -0.15) is 5.10 Å². The summed E-state index contributed by atoms with van der Waals surface area (Å²) in [6, 6.07) is 1.65. The molecule has 0 bridgehead atoms. The molecule has 0 aliphatic heterocycles. The maximum absolute atomic E-state index is 12.3. The summed E-state index contributed by atoms with van der Waals surface area (Å²) < 4.78 is 0. The second-order valence-electron chi connectivity index (χ2n) is 6.12. The molecule has 0 aromatic carbocycles. The van der Waals surface area contributed by atoms with Crippen molar-refractivity contribution in [2.75, 3.05) is 0 Å². The molecule has 0 saturated heterocycles. The van der Waals surface area contributed by atoms with E-state index in [1.54, 1.807) is 13.0 Å². The van der Waals surface area contributed by atoms with Crippen LogP contribution in [0.3, 0.4) is 0 Å². The number of amides is 1. The third-order valence-electron chi connectivity index (χ3n) is 4.45. The van der Waals surface area contributed by atoms with Gasteiger partial charge in [0.1, 0.15) is 5.82 Å². The number of nitrogens with one attached hydrogen (secondary N) is 3. The Labute approximate surface area is 133 Å². The van der Waals surface area contributed by atoms with Crippen LogP contribution in [-0.2, 0) is 6.42 Å². The van der Waals surface area contributed by atoms with Gasteiger partial charge in [-0.1, -0.05) is 6.92 Å². The summed E-state index contributed by atoms with van der Waals surface area (Å²) in [5.41, 5.74) is 3.05. The maximum Gasteiger partial charge on any atom is 0.272 e. The molecule has 1 aliphatic carbocycles. The summed E-state index contributed by atoms with van der Waals surface area (Å²) in [5, 5.41) is 10.0. The average molecular weight is 315 g/mol. The Morgan fingerprint density at radius 1 is 1.39 bits per heavy atom. The molecule has 7 nitrogen and oxygen atoms in total. The zero-order valence-corrected chi connectivity index (χ0v) is 13.6. The maximum atomic E-state index is 12.3. The number of rotatable bonds is 4. The smallest absolute Gasteiger partial charge is 0.272 e. The molecule has 3 rings (SSSR count). The highest BCUT2D eigenvalue weighted by atomic mass is 16.2. The lowest BCUT2D eigenvalue weighted by atomic mass is 9.78. The molecule has 7 heteroatoms. The summed E-state index contributed by atoms with van der Waals surface area (Å²) in [6.45, 7) is 5.70. The molecule has 1 fully saturated rings. The fraction of sp³-hybridized carbons (Fsp3) is 0.500. The van der Waals surface area contributed by atoms with Crippen molar-refractivity contribution < 1.29 is 4.79 Å². The van der Waals surface area contributed by atoms with E-state index in [0.29, 0.717) is 11.5 Å². The summed E-state index contributed by atoms with van der Waals surface area (Å²) in [5.74, 6) is 0.712. The second kappa shape index (κ2) is 5.98. The van der Waals surface area contributed by atoms with Gasteiger partial charge in [0.25, 0.3) is 11.5 Å². The number of aromatic amines is 2. The Bertz CT molecular complexity index is 786. The molecular weight excluding hydrogens is 294 g/mol. The standard InChI is InChI=1S/C16H21N5O2/c1-4-12-8(2)15(21-20-12)16(23)19-11-5-10(6-11)13-7-14(22)18-9(3)17-13/h7,10-11H,4-6H2,1-3H3,(H,19,23)(H,20,21)(H,17,18,22). The number of carbonyl (C=O) groups excluding carboxylic acids is 1. The predicted octanol–water partition coefficient (Wildman–Crippen LogP) is 1.35. The quantitative estimate of drug-likeness (QED) is 0.792. The van der Waals surface area contributed by atoms with E-state index in [9.17, 15) is 9.59 Å². The first kappa shape index (κ1) is 15.5. The Kier molecular flexibility index (Phi) is 4.02. The second-order valence-corrected chi connectivity index (χ2v) is 6.12. The van der Waals surface area contributed by atoms with Crippen LogP contribution in [0.15, 0.2) is 10.9 Å². The molecule has 3 N–H and O–H groups in total.